The lowest BCUT2D eigenvalue weighted by Crippen LogP contribution is -1.96. The molecular formula is C10H12N2O2S. The van der Waals surface area contributed by atoms with Crippen LogP contribution in [-0.2, 0) is 9.53 Å². The molecule has 0 bridgehead atoms. The average Bonchev–Trinajstić information content (AvgIpc) is 2.29. The van der Waals surface area contributed by atoms with Gasteiger partial charge in [-0.05, 0) is 6.26 Å². The van der Waals surface area contributed by atoms with E-state index in [9.17, 15) is 4.79 Å². The number of hydrogen-bond donors (Lipinski definition) is 0. The molecule has 0 N–H and O–H groups in total. The van der Waals surface area contributed by atoms with E-state index >= 15 is 0 Å². The number of aromatic nitrogens is 2. The molecular weight excluding hydrogens is 212 g/mol. The van der Waals surface area contributed by atoms with Crippen molar-refractivity contribution in [3.63, 3.8) is 0 Å². The Morgan fingerprint density at radius 1 is 1.53 bits per heavy atom. The molecule has 1 aromatic heterocycles. The molecule has 0 amide bonds. The fourth-order valence-corrected chi connectivity index (χ4v) is 1.21. The number of methoxy groups -OCH3 is 1. The maximum absolute atomic E-state index is 10.8. The fourth-order valence-electron chi connectivity index (χ4n) is 0.892. The molecule has 0 atom stereocenters. The lowest BCUT2D eigenvalue weighted by Gasteiger charge is -1.95. The zero-order chi connectivity index (χ0) is 11.1. The Balaban J connectivity index is 2.53. The van der Waals surface area contributed by atoms with Gasteiger partial charge in [-0.25, -0.2) is 9.97 Å². The molecule has 4 nitrogen and oxygen atoms in total. The number of rotatable bonds is 4. The van der Waals surface area contributed by atoms with Crippen molar-refractivity contribution in [2.45, 2.75) is 11.6 Å². The Labute approximate surface area is 92.8 Å². The van der Waals surface area contributed by atoms with Crippen LogP contribution in [0.5, 0.6) is 0 Å². The number of nitrogens with zero attached hydrogens (tertiary/aromatic N) is 2. The Morgan fingerprint density at radius 2 is 2.20 bits per heavy atom. The number of thioether (sulfide) groups is 1. The highest BCUT2D eigenvalue weighted by Gasteiger charge is 1.95. The van der Waals surface area contributed by atoms with E-state index in [0.29, 0.717) is 0 Å². The summed E-state index contributed by atoms with van der Waals surface area (Å²) in [5.41, 5.74) is 0.872. The number of carbonyl (C=O) groups excluding carboxylic acids is 1. The van der Waals surface area contributed by atoms with Crippen LogP contribution in [0.2, 0.25) is 0 Å². The van der Waals surface area contributed by atoms with Crippen molar-refractivity contribution in [2.24, 2.45) is 0 Å². The summed E-state index contributed by atoms with van der Waals surface area (Å²) in [6, 6.07) is 0. The van der Waals surface area contributed by atoms with Crippen molar-refractivity contribution in [2.75, 3.05) is 13.4 Å². The van der Waals surface area contributed by atoms with Gasteiger partial charge in [-0.15, -0.1) is 0 Å². The molecule has 0 aliphatic heterocycles. The summed E-state index contributed by atoms with van der Waals surface area (Å²) in [6.07, 6.45) is 9.13. The molecule has 0 spiro atoms. The molecule has 0 aliphatic rings. The van der Waals surface area contributed by atoms with E-state index < -0.39 is 0 Å². The number of esters is 1. The van der Waals surface area contributed by atoms with Gasteiger partial charge in [-0.3, -0.25) is 4.79 Å². The zero-order valence-electron chi connectivity index (χ0n) is 8.64. The summed E-state index contributed by atoms with van der Waals surface area (Å²) < 4.78 is 4.50. The van der Waals surface area contributed by atoms with Gasteiger partial charge in [0.05, 0.1) is 13.5 Å². The summed E-state index contributed by atoms with van der Waals surface area (Å²) in [6.45, 7) is 0. The maximum atomic E-state index is 10.8. The first-order chi connectivity index (χ1) is 7.26. The van der Waals surface area contributed by atoms with Crippen LogP contribution in [0.3, 0.4) is 0 Å². The third-order valence-corrected chi connectivity index (χ3v) is 2.23. The van der Waals surface area contributed by atoms with Crippen molar-refractivity contribution in [3.05, 3.63) is 24.0 Å². The zero-order valence-corrected chi connectivity index (χ0v) is 9.45. The Hall–Kier alpha value is -1.36. The Bertz CT molecular complexity index is 349. The highest BCUT2D eigenvalue weighted by molar-refractivity contribution is 7.98. The van der Waals surface area contributed by atoms with Crippen molar-refractivity contribution in [1.82, 2.24) is 9.97 Å². The van der Waals surface area contributed by atoms with Gasteiger partial charge in [0.2, 0.25) is 0 Å². The summed E-state index contributed by atoms with van der Waals surface area (Å²) in [4.78, 5) is 19.0. The first kappa shape index (κ1) is 11.7. The van der Waals surface area contributed by atoms with Crippen molar-refractivity contribution < 1.29 is 9.53 Å². The SMILES string of the molecule is COC(=O)CC=Cc1cnc(SC)nc1. The predicted octanol–water partition coefficient (Wildman–Crippen LogP) is 1.77. The lowest BCUT2D eigenvalue weighted by atomic mass is 10.3. The topological polar surface area (TPSA) is 52.1 Å². The van der Waals surface area contributed by atoms with E-state index in [1.807, 2.05) is 6.26 Å². The summed E-state index contributed by atoms with van der Waals surface area (Å²) >= 11 is 1.49. The van der Waals surface area contributed by atoms with Gasteiger partial charge in [0.15, 0.2) is 5.16 Å². The van der Waals surface area contributed by atoms with E-state index in [4.69, 9.17) is 0 Å². The third kappa shape index (κ3) is 4.12. The molecule has 5 heteroatoms. The molecule has 15 heavy (non-hydrogen) atoms. The predicted molar refractivity (Wildman–Crippen MR) is 59.5 cm³/mol. The van der Waals surface area contributed by atoms with Crippen LogP contribution in [0.1, 0.15) is 12.0 Å². The molecule has 0 aromatic carbocycles. The van der Waals surface area contributed by atoms with Crippen LogP contribution >= 0.6 is 11.8 Å². The minimum absolute atomic E-state index is 0.257. The summed E-state index contributed by atoms with van der Waals surface area (Å²) in [7, 11) is 1.37. The van der Waals surface area contributed by atoms with Crippen LogP contribution < -0.4 is 0 Å². The van der Waals surface area contributed by atoms with Gasteiger partial charge < -0.3 is 4.74 Å². The van der Waals surface area contributed by atoms with Gasteiger partial charge in [-0.1, -0.05) is 23.9 Å². The van der Waals surface area contributed by atoms with Crippen LogP contribution in [0, 0.1) is 0 Å². The molecule has 1 aromatic rings. The van der Waals surface area contributed by atoms with Gasteiger partial charge in [0.25, 0.3) is 0 Å². The quantitative estimate of drug-likeness (QED) is 0.443. The van der Waals surface area contributed by atoms with E-state index in [-0.39, 0.29) is 12.4 Å². The van der Waals surface area contributed by atoms with Crippen molar-refractivity contribution in [3.8, 4) is 0 Å². The highest BCUT2D eigenvalue weighted by atomic mass is 32.2. The molecule has 0 aliphatic carbocycles. The van der Waals surface area contributed by atoms with Crippen LogP contribution in [0.15, 0.2) is 23.6 Å². The first-order valence-corrected chi connectivity index (χ1v) is 5.58. The number of carbonyl (C=O) groups is 1. The smallest absolute Gasteiger partial charge is 0.309 e. The minimum atomic E-state index is -0.257. The van der Waals surface area contributed by atoms with Gasteiger partial charge in [-0.2, -0.15) is 0 Å². The molecule has 1 heterocycles. The monoisotopic (exact) mass is 224 g/mol. The minimum Gasteiger partial charge on any atom is -0.469 e. The van der Waals surface area contributed by atoms with Crippen LogP contribution in [0.4, 0.5) is 0 Å². The average molecular weight is 224 g/mol. The second kappa shape index (κ2) is 6.19. The number of hydrogen-bond acceptors (Lipinski definition) is 5. The maximum Gasteiger partial charge on any atom is 0.309 e. The molecule has 0 saturated carbocycles. The van der Waals surface area contributed by atoms with E-state index in [1.54, 1.807) is 24.5 Å². The Morgan fingerprint density at radius 3 is 2.73 bits per heavy atom. The first-order valence-electron chi connectivity index (χ1n) is 4.35. The van der Waals surface area contributed by atoms with Crippen molar-refractivity contribution in [1.29, 1.82) is 0 Å². The number of ether oxygens (including phenoxy) is 1. The van der Waals surface area contributed by atoms with E-state index in [1.165, 1.54) is 18.9 Å². The summed E-state index contributed by atoms with van der Waals surface area (Å²) in [5, 5.41) is 0.736. The fraction of sp³-hybridized carbons (Fsp3) is 0.300. The second-order valence-corrected chi connectivity index (χ2v) is 3.46. The Kier molecular flexibility index (Phi) is 4.83. The largest absolute Gasteiger partial charge is 0.469 e. The standard InChI is InChI=1S/C10H12N2O2S/c1-14-9(13)5-3-4-8-6-11-10(15-2)12-7-8/h3-4,6-7H,5H2,1-2H3. The molecule has 0 fully saturated rings. The van der Waals surface area contributed by atoms with E-state index in [2.05, 4.69) is 14.7 Å². The van der Waals surface area contributed by atoms with Gasteiger partial charge in [0, 0.05) is 18.0 Å². The second-order valence-electron chi connectivity index (χ2n) is 2.69. The highest BCUT2D eigenvalue weighted by Crippen LogP contribution is 2.08. The van der Waals surface area contributed by atoms with Crippen molar-refractivity contribution >= 4 is 23.8 Å². The molecule has 0 saturated heterocycles. The van der Waals surface area contributed by atoms with Gasteiger partial charge in [0.1, 0.15) is 0 Å². The summed E-state index contributed by atoms with van der Waals surface area (Å²) in [5.74, 6) is -0.257. The normalized spacial score (nSPS) is 10.5. The molecule has 0 unspecified atom stereocenters. The van der Waals surface area contributed by atoms with Crippen LogP contribution in [0.25, 0.3) is 6.08 Å². The third-order valence-electron chi connectivity index (χ3n) is 1.65. The van der Waals surface area contributed by atoms with Crippen LogP contribution in [-0.4, -0.2) is 29.3 Å². The van der Waals surface area contributed by atoms with Gasteiger partial charge >= 0.3 is 5.97 Å². The lowest BCUT2D eigenvalue weighted by molar-refractivity contribution is -0.139. The molecule has 0 radical (unpaired) electrons. The molecule has 1 rings (SSSR count). The van der Waals surface area contributed by atoms with E-state index in [0.717, 1.165) is 10.7 Å². The molecule has 80 valence electrons.